The zero-order valence-corrected chi connectivity index (χ0v) is 19.8. The predicted octanol–water partition coefficient (Wildman–Crippen LogP) is 3.21. The van der Waals surface area contributed by atoms with Crippen LogP contribution in [-0.2, 0) is 32.1 Å². The standard InChI is InChI=1S/C26H26N2O5S/c1-3-7-19-16-34-25-22(27-21(29)14-17-8-5-4-6-9-17)24(30)28(25)23(19)26(31)33-15-18-10-12-20(32-2)13-11-18/h3-13,22,25H,14-16H2,1-2H3,(H,27,29)/b7-3-/t22?,25-/m0/s1. The molecule has 0 bridgehead atoms. The number of ether oxygens (including phenoxy) is 2. The summed E-state index contributed by atoms with van der Waals surface area (Å²) in [5, 5.41) is 2.49. The number of carbonyl (C=O) groups excluding carboxylic acids is 3. The maximum absolute atomic E-state index is 13.1. The van der Waals surface area contributed by atoms with Crippen molar-refractivity contribution in [2.75, 3.05) is 12.9 Å². The van der Waals surface area contributed by atoms with E-state index in [0.29, 0.717) is 11.5 Å². The fraction of sp³-hybridized carbons (Fsp3) is 0.269. The lowest BCUT2D eigenvalue weighted by molar-refractivity contribution is -0.153. The SMILES string of the molecule is C/C=C\C1=C(C(=O)OCc2ccc(OC)cc2)N2C(=O)C(NC(=O)Cc3ccccc3)[C@@H]2SC1. The minimum absolute atomic E-state index is 0.0759. The van der Waals surface area contributed by atoms with Gasteiger partial charge in [0.2, 0.25) is 5.91 Å². The van der Waals surface area contributed by atoms with E-state index in [1.54, 1.807) is 19.2 Å². The van der Waals surface area contributed by atoms with Gasteiger partial charge < -0.3 is 14.8 Å². The van der Waals surface area contributed by atoms with Gasteiger partial charge in [-0.25, -0.2) is 4.79 Å². The molecule has 2 aromatic rings. The Morgan fingerprint density at radius 2 is 1.85 bits per heavy atom. The van der Waals surface area contributed by atoms with Crippen LogP contribution >= 0.6 is 11.8 Å². The van der Waals surface area contributed by atoms with E-state index in [-0.39, 0.29) is 35.9 Å². The molecule has 2 heterocycles. The number of thioether (sulfide) groups is 1. The number of esters is 1. The van der Waals surface area contributed by atoms with Gasteiger partial charge in [0.05, 0.1) is 13.5 Å². The molecule has 4 rings (SSSR count). The zero-order chi connectivity index (χ0) is 24.1. The van der Waals surface area contributed by atoms with E-state index in [9.17, 15) is 14.4 Å². The molecule has 2 amide bonds. The fourth-order valence-electron chi connectivity index (χ4n) is 3.91. The molecule has 1 saturated heterocycles. The fourth-order valence-corrected chi connectivity index (χ4v) is 5.22. The van der Waals surface area contributed by atoms with Crippen LogP contribution in [0.2, 0.25) is 0 Å². The Labute approximate surface area is 202 Å². The molecule has 2 atom stereocenters. The Bertz CT molecular complexity index is 1130. The van der Waals surface area contributed by atoms with Crippen LogP contribution in [0.25, 0.3) is 0 Å². The van der Waals surface area contributed by atoms with Crippen molar-refractivity contribution < 1.29 is 23.9 Å². The van der Waals surface area contributed by atoms with Gasteiger partial charge in [-0.2, -0.15) is 0 Å². The Hall–Kier alpha value is -3.52. The second-order valence-electron chi connectivity index (χ2n) is 7.92. The third-order valence-electron chi connectivity index (χ3n) is 5.61. The molecular formula is C26H26N2O5S. The molecule has 0 saturated carbocycles. The number of β-lactam (4-membered cyclic amide) rings is 1. The third kappa shape index (κ3) is 5.02. The molecule has 34 heavy (non-hydrogen) atoms. The Morgan fingerprint density at radius 3 is 2.53 bits per heavy atom. The van der Waals surface area contributed by atoms with Crippen LogP contribution < -0.4 is 10.1 Å². The van der Waals surface area contributed by atoms with E-state index in [1.165, 1.54) is 16.7 Å². The predicted molar refractivity (Wildman–Crippen MR) is 130 cm³/mol. The van der Waals surface area contributed by atoms with E-state index in [4.69, 9.17) is 9.47 Å². The highest BCUT2D eigenvalue weighted by Gasteiger charge is 2.54. The van der Waals surface area contributed by atoms with Crippen LogP contribution in [0.3, 0.4) is 0 Å². The van der Waals surface area contributed by atoms with Crippen LogP contribution in [0.1, 0.15) is 18.1 Å². The smallest absolute Gasteiger partial charge is 0.355 e. The van der Waals surface area contributed by atoms with Crippen molar-refractivity contribution in [1.82, 2.24) is 10.2 Å². The highest BCUT2D eigenvalue weighted by molar-refractivity contribution is 8.00. The molecule has 0 aliphatic carbocycles. The summed E-state index contributed by atoms with van der Waals surface area (Å²) in [6.45, 7) is 1.93. The summed E-state index contributed by atoms with van der Waals surface area (Å²) in [5.74, 6) is 0.161. The average molecular weight is 479 g/mol. The first kappa shape index (κ1) is 23.6. The van der Waals surface area contributed by atoms with Gasteiger partial charge >= 0.3 is 5.97 Å². The van der Waals surface area contributed by atoms with E-state index in [0.717, 1.165) is 16.7 Å². The van der Waals surface area contributed by atoms with Gasteiger partial charge in [-0.3, -0.25) is 14.5 Å². The first-order valence-electron chi connectivity index (χ1n) is 11.0. The quantitative estimate of drug-likeness (QED) is 0.463. The molecule has 1 fully saturated rings. The van der Waals surface area contributed by atoms with Crippen molar-refractivity contribution >= 4 is 29.5 Å². The first-order valence-corrected chi connectivity index (χ1v) is 12.0. The topological polar surface area (TPSA) is 84.9 Å². The average Bonchev–Trinajstić information content (AvgIpc) is 2.86. The maximum atomic E-state index is 13.1. The van der Waals surface area contributed by atoms with Gasteiger partial charge in [0.25, 0.3) is 5.91 Å². The summed E-state index contributed by atoms with van der Waals surface area (Å²) in [4.78, 5) is 40.0. The van der Waals surface area contributed by atoms with Crippen molar-refractivity contribution in [3.8, 4) is 5.75 Å². The van der Waals surface area contributed by atoms with E-state index in [2.05, 4.69) is 5.32 Å². The second kappa shape index (κ2) is 10.6. The molecule has 7 nitrogen and oxygen atoms in total. The summed E-state index contributed by atoms with van der Waals surface area (Å²) in [5.41, 5.74) is 2.66. The number of carbonyl (C=O) groups is 3. The number of nitrogens with zero attached hydrogens (tertiary/aromatic N) is 1. The van der Waals surface area contributed by atoms with E-state index < -0.39 is 12.0 Å². The number of amides is 2. The molecule has 1 unspecified atom stereocenters. The number of benzene rings is 2. The van der Waals surface area contributed by atoms with E-state index in [1.807, 2.05) is 61.5 Å². The Balaban J connectivity index is 1.44. The number of allylic oxidation sites excluding steroid dienone is 2. The molecule has 0 spiro atoms. The lowest BCUT2D eigenvalue weighted by Crippen LogP contribution is -2.70. The lowest BCUT2D eigenvalue weighted by Gasteiger charge is -2.49. The third-order valence-corrected chi connectivity index (χ3v) is 6.91. The number of rotatable bonds is 8. The van der Waals surface area contributed by atoms with Gasteiger partial charge in [0.15, 0.2) is 0 Å². The zero-order valence-electron chi connectivity index (χ0n) is 19.0. The highest BCUT2D eigenvalue weighted by atomic mass is 32.2. The molecule has 176 valence electrons. The summed E-state index contributed by atoms with van der Waals surface area (Å²) < 4.78 is 10.7. The molecule has 2 aliphatic rings. The molecule has 0 radical (unpaired) electrons. The van der Waals surface area contributed by atoms with Gasteiger partial charge in [-0.1, -0.05) is 54.6 Å². The number of methoxy groups -OCH3 is 1. The van der Waals surface area contributed by atoms with Crippen molar-refractivity contribution in [3.05, 3.63) is 89.1 Å². The van der Waals surface area contributed by atoms with Gasteiger partial charge in [0, 0.05) is 5.75 Å². The van der Waals surface area contributed by atoms with Gasteiger partial charge in [-0.05, 0) is 35.8 Å². The van der Waals surface area contributed by atoms with Crippen LogP contribution in [0.5, 0.6) is 5.75 Å². The lowest BCUT2D eigenvalue weighted by atomic mass is 10.0. The van der Waals surface area contributed by atoms with Crippen LogP contribution in [0, 0.1) is 0 Å². The van der Waals surface area contributed by atoms with Crippen molar-refractivity contribution in [1.29, 1.82) is 0 Å². The molecule has 1 N–H and O–H groups in total. The number of fused-ring (bicyclic) bond motifs is 1. The molecule has 0 aromatic heterocycles. The molecular weight excluding hydrogens is 452 g/mol. The normalized spacial score (nSPS) is 19.5. The largest absolute Gasteiger partial charge is 0.497 e. The molecule has 2 aromatic carbocycles. The number of hydrogen-bond acceptors (Lipinski definition) is 6. The maximum Gasteiger partial charge on any atom is 0.355 e. The van der Waals surface area contributed by atoms with Crippen molar-refractivity contribution in [2.45, 2.75) is 31.4 Å². The Kier molecular flexibility index (Phi) is 7.37. The Morgan fingerprint density at radius 1 is 1.12 bits per heavy atom. The van der Waals surface area contributed by atoms with Crippen molar-refractivity contribution in [2.24, 2.45) is 0 Å². The van der Waals surface area contributed by atoms with Crippen LogP contribution in [0.15, 0.2) is 78.0 Å². The molecule has 8 heteroatoms. The summed E-state index contributed by atoms with van der Waals surface area (Å²) in [7, 11) is 1.59. The molecule has 2 aliphatic heterocycles. The monoisotopic (exact) mass is 478 g/mol. The minimum Gasteiger partial charge on any atom is -0.497 e. The first-order chi connectivity index (χ1) is 16.5. The van der Waals surface area contributed by atoms with Gasteiger partial charge in [-0.15, -0.1) is 11.8 Å². The highest BCUT2D eigenvalue weighted by Crippen LogP contribution is 2.41. The summed E-state index contributed by atoms with van der Waals surface area (Å²) in [6, 6.07) is 15.9. The summed E-state index contributed by atoms with van der Waals surface area (Å²) >= 11 is 1.52. The van der Waals surface area contributed by atoms with Crippen LogP contribution in [-0.4, -0.2) is 47.0 Å². The minimum atomic E-state index is -0.669. The van der Waals surface area contributed by atoms with Gasteiger partial charge in [0.1, 0.15) is 29.5 Å². The van der Waals surface area contributed by atoms with Crippen LogP contribution in [0.4, 0.5) is 0 Å². The summed E-state index contributed by atoms with van der Waals surface area (Å²) in [6.07, 6.45) is 3.84. The number of hydrogen-bond donors (Lipinski definition) is 1. The number of nitrogens with one attached hydrogen (secondary N) is 1. The second-order valence-corrected chi connectivity index (χ2v) is 9.02. The van der Waals surface area contributed by atoms with E-state index >= 15 is 0 Å². The van der Waals surface area contributed by atoms with Crippen molar-refractivity contribution in [3.63, 3.8) is 0 Å².